The maximum atomic E-state index is 12.8. The molecule has 1 saturated heterocycles. The van der Waals surface area contributed by atoms with Crippen molar-refractivity contribution < 1.29 is 14.1 Å². The minimum Gasteiger partial charge on any atom is -0.361 e. The van der Waals surface area contributed by atoms with E-state index in [9.17, 15) is 14.5 Å². The number of hydrogen-bond donors (Lipinski definition) is 0. The molecule has 10 heteroatoms. The minimum absolute atomic E-state index is 0.0823. The van der Waals surface area contributed by atoms with Crippen LogP contribution in [0.15, 0.2) is 46.4 Å². The van der Waals surface area contributed by atoms with Crippen LogP contribution in [0.25, 0.3) is 0 Å². The molecule has 4 rings (SSSR count). The zero-order valence-corrected chi connectivity index (χ0v) is 15.9. The van der Waals surface area contributed by atoms with Crippen molar-refractivity contribution in [2.24, 2.45) is 5.18 Å². The normalized spacial score (nSPS) is 14.1. The van der Waals surface area contributed by atoms with Gasteiger partial charge in [0.15, 0.2) is 0 Å². The fourth-order valence-corrected chi connectivity index (χ4v) is 3.31. The van der Waals surface area contributed by atoms with Crippen LogP contribution in [0.5, 0.6) is 0 Å². The fourth-order valence-electron chi connectivity index (χ4n) is 3.31. The zero-order valence-electron chi connectivity index (χ0n) is 15.9. The highest BCUT2D eigenvalue weighted by atomic mass is 16.5. The molecule has 10 nitrogen and oxygen atoms in total. The summed E-state index contributed by atoms with van der Waals surface area (Å²) in [6, 6.07) is 6.26. The number of amides is 3. The summed E-state index contributed by atoms with van der Waals surface area (Å²) in [5.74, 6) is 0.338. The maximum Gasteiger partial charge on any atom is 0.332 e. The topological polar surface area (TPSA) is 114 Å². The van der Waals surface area contributed by atoms with Gasteiger partial charge in [-0.25, -0.2) is 9.69 Å². The second-order valence-electron chi connectivity index (χ2n) is 6.79. The molecule has 29 heavy (non-hydrogen) atoms. The van der Waals surface area contributed by atoms with Gasteiger partial charge in [0, 0.05) is 17.3 Å². The molecular weight excluding hydrogens is 376 g/mol. The number of aromatic nitrogens is 3. The van der Waals surface area contributed by atoms with E-state index in [4.69, 9.17) is 4.52 Å². The van der Waals surface area contributed by atoms with Crippen LogP contribution < -0.4 is 4.90 Å². The third kappa shape index (κ3) is 3.40. The van der Waals surface area contributed by atoms with Crippen LogP contribution in [0, 0.1) is 18.8 Å². The van der Waals surface area contributed by atoms with Crippen molar-refractivity contribution in [2.45, 2.75) is 26.9 Å². The van der Waals surface area contributed by atoms with E-state index in [1.807, 2.05) is 13.8 Å². The Labute approximate surface area is 165 Å². The number of nitrogens with zero attached hydrogens (tertiary/aromatic N) is 6. The lowest BCUT2D eigenvalue weighted by molar-refractivity contribution is -0.116. The Morgan fingerprint density at radius 2 is 1.97 bits per heavy atom. The van der Waals surface area contributed by atoms with E-state index in [1.54, 1.807) is 35.1 Å². The summed E-state index contributed by atoms with van der Waals surface area (Å²) in [6.45, 7) is 4.11. The third-order valence-electron chi connectivity index (χ3n) is 4.87. The van der Waals surface area contributed by atoms with Gasteiger partial charge in [0.05, 0.1) is 30.7 Å². The van der Waals surface area contributed by atoms with Crippen molar-refractivity contribution in [3.8, 4) is 0 Å². The average Bonchev–Trinajstić information content (AvgIpc) is 3.37. The molecule has 1 fully saturated rings. The number of anilines is 1. The second kappa shape index (κ2) is 7.30. The van der Waals surface area contributed by atoms with E-state index >= 15 is 0 Å². The molecule has 3 heterocycles. The molecule has 148 valence electrons. The van der Waals surface area contributed by atoms with Crippen molar-refractivity contribution >= 4 is 23.3 Å². The smallest absolute Gasteiger partial charge is 0.332 e. The summed E-state index contributed by atoms with van der Waals surface area (Å²) in [6.07, 6.45) is 3.10. The number of imide groups is 1. The molecule has 0 saturated carbocycles. The van der Waals surface area contributed by atoms with Crippen molar-refractivity contribution in [3.05, 3.63) is 64.1 Å². The number of benzene rings is 1. The number of rotatable bonds is 6. The Balaban J connectivity index is 1.52. The van der Waals surface area contributed by atoms with Gasteiger partial charge in [0.1, 0.15) is 18.0 Å². The van der Waals surface area contributed by atoms with E-state index < -0.39 is 6.03 Å². The van der Waals surface area contributed by atoms with E-state index in [2.05, 4.69) is 15.4 Å². The lowest BCUT2D eigenvalue weighted by Crippen LogP contribution is -2.32. The molecule has 0 N–H and O–H groups in total. The predicted molar refractivity (Wildman–Crippen MR) is 102 cm³/mol. The van der Waals surface area contributed by atoms with Crippen molar-refractivity contribution in [1.82, 2.24) is 19.8 Å². The highest BCUT2D eigenvalue weighted by Gasteiger charge is 2.38. The van der Waals surface area contributed by atoms with Gasteiger partial charge in [0.25, 0.3) is 5.91 Å². The largest absolute Gasteiger partial charge is 0.361 e. The van der Waals surface area contributed by atoms with Gasteiger partial charge in [-0.05, 0) is 25.1 Å². The van der Waals surface area contributed by atoms with E-state index in [-0.39, 0.29) is 24.7 Å². The zero-order chi connectivity index (χ0) is 20.5. The van der Waals surface area contributed by atoms with Gasteiger partial charge < -0.3 is 9.42 Å². The van der Waals surface area contributed by atoms with Crippen LogP contribution in [-0.4, -0.2) is 38.3 Å². The second-order valence-corrected chi connectivity index (χ2v) is 6.79. The van der Waals surface area contributed by atoms with Crippen LogP contribution in [0.3, 0.4) is 0 Å². The van der Waals surface area contributed by atoms with Crippen molar-refractivity contribution in [1.29, 1.82) is 0 Å². The molecule has 0 atom stereocenters. The number of nitroso groups, excluding NO2 is 1. The summed E-state index contributed by atoms with van der Waals surface area (Å²) < 4.78 is 6.77. The Hall–Kier alpha value is -3.82. The first kappa shape index (κ1) is 18.5. The lowest BCUT2D eigenvalue weighted by atomic mass is 10.2. The average molecular weight is 394 g/mol. The van der Waals surface area contributed by atoms with Gasteiger partial charge in [-0.2, -0.15) is 5.10 Å². The number of urea groups is 1. The first-order chi connectivity index (χ1) is 14.0. The van der Waals surface area contributed by atoms with Crippen LogP contribution >= 0.6 is 0 Å². The Kier molecular flexibility index (Phi) is 4.67. The van der Waals surface area contributed by atoms with Gasteiger partial charge in [-0.3, -0.25) is 9.48 Å². The molecule has 0 aliphatic carbocycles. The van der Waals surface area contributed by atoms with Crippen molar-refractivity contribution in [2.75, 3.05) is 11.4 Å². The van der Waals surface area contributed by atoms with Gasteiger partial charge >= 0.3 is 6.03 Å². The molecular formula is C19H18N6O4. The van der Waals surface area contributed by atoms with Crippen LogP contribution in [0.1, 0.15) is 22.6 Å². The monoisotopic (exact) mass is 394 g/mol. The third-order valence-corrected chi connectivity index (χ3v) is 4.87. The highest BCUT2D eigenvalue weighted by Crippen LogP contribution is 2.26. The number of carbonyl (C=O) groups excluding carboxylic acids is 2. The van der Waals surface area contributed by atoms with Crippen molar-refractivity contribution in [3.63, 3.8) is 0 Å². The first-order valence-corrected chi connectivity index (χ1v) is 8.95. The minimum atomic E-state index is -0.465. The van der Waals surface area contributed by atoms with E-state index in [0.29, 0.717) is 23.6 Å². The Bertz CT molecular complexity index is 1080. The maximum absolute atomic E-state index is 12.8. The molecule has 3 amide bonds. The Morgan fingerprint density at radius 3 is 2.69 bits per heavy atom. The van der Waals surface area contributed by atoms with Crippen LogP contribution in [0.2, 0.25) is 0 Å². The molecule has 3 aromatic rings. The van der Waals surface area contributed by atoms with Crippen LogP contribution in [-0.2, 0) is 17.9 Å². The van der Waals surface area contributed by atoms with E-state index in [0.717, 1.165) is 16.2 Å². The molecule has 1 aliphatic heterocycles. The Morgan fingerprint density at radius 1 is 1.17 bits per heavy atom. The SMILES string of the molecule is Cc1noc(C)c1Cn1cc(N2C(=O)CN(Cc3ccccc3N=O)C2=O)cn1. The number of carbonyl (C=O) groups is 2. The molecule has 1 aromatic carbocycles. The quantitative estimate of drug-likeness (QED) is 0.469. The standard InChI is InChI=1S/C19H18N6O4/c1-12-16(13(2)29-22-12)10-24-9-15(7-20-24)25-18(26)11-23(19(25)27)8-14-5-3-4-6-17(14)21-28/h3-7,9H,8,10-11H2,1-2H3. The predicted octanol–water partition coefficient (Wildman–Crippen LogP) is 2.90. The summed E-state index contributed by atoms with van der Waals surface area (Å²) in [4.78, 5) is 38.7. The number of hydrogen-bond acceptors (Lipinski definition) is 7. The van der Waals surface area contributed by atoms with Gasteiger partial charge in [-0.1, -0.05) is 23.4 Å². The van der Waals surface area contributed by atoms with Gasteiger partial charge in [-0.15, -0.1) is 4.91 Å². The summed E-state index contributed by atoms with van der Waals surface area (Å²) in [5, 5.41) is 11.1. The molecule has 0 bridgehead atoms. The highest BCUT2D eigenvalue weighted by molar-refractivity contribution is 6.19. The first-order valence-electron chi connectivity index (χ1n) is 8.95. The number of aryl methyl sites for hydroxylation is 2. The molecule has 0 spiro atoms. The fraction of sp³-hybridized carbons (Fsp3) is 0.263. The molecule has 0 radical (unpaired) electrons. The molecule has 0 unspecified atom stereocenters. The summed E-state index contributed by atoms with van der Waals surface area (Å²) >= 11 is 0. The molecule has 1 aliphatic rings. The van der Waals surface area contributed by atoms with Gasteiger partial charge in [0.2, 0.25) is 0 Å². The van der Waals surface area contributed by atoms with Crippen LogP contribution in [0.4, 0.5) is 16.2 Å². The summed E-state index contributed by atoms with van der Waals surface area (Å²) in [7, 11) is 0. The van der Waals surface area contributed by atoms with E-state index in [1.165, 1.54) is 11.1 Å². The summed E-state index contributed by atoms with van der Waals surface area (Å²) in [5.41, 5.74) is 2.88. The molecule has 2 aromatic heterocycles. The lowest BCUT2D eigenvalue weighted by Gasteiger charge is -2.16.